The summed E-state index contributed by atoms with van der Waals surface area (Å²) in [5.74, 6) is 0.00763. The molecular weight excluding hydrogens is 190 g/mol. The summed E-state index contributed by atoms with van der Waals surface area (Å²) in [5, 5.41) is 9.03. The van der Waals surface area contributed by atoms with Crippen molar-refractivity contribution in [2.45, 2.75) is 38.6 Å². The van der Waals surface area contributed by atoms with Crippen LogP contribution in [0.2, 0.25) is 0 Å². The van der Waals surface area contributed by atoms with Crippen LogP contribution in [0.25, 0.3) is 0 Å². The van der Waals surface area contributed by atoms with E-state index in [1.807, 2.05) is 16.8 Å². The number of carboxylic acids is 1. The molecule has 1 aliphatic rings. The predicted octanol–water partition coefficient (Wildman–Crippen LogP) is 2.94. The normalized spacial score (nSPS) is 17.7. The molecule has 3 nitrogen and oxygen atoms in total. The number of aromatic nitrogens is 1. The number of aromatic carboxylic acids is 1. The Balaban J connectivity index is 2.16. The monoisotopic (exact) mass is 207 g/mol. The Morgan fingerprint density at radius 3 is 2.93 bits per heavy atom. The van der Waals surface area contributed by atoms with Gasteiger partial charge in [-0.15, -0.1) is 0 Å². The van der Waals surface area contributed by atoms with Crippen molar-refractivity contribution in [2.24, 2.45) is 5.92 Å². The molecule has 0 bridgehead atoms. The van der Waals surface area contributed by atoms with Crippen molar-refractivity contribution in [3.63, 3.8) is 0 Å². The molecule has 1 heterocycles. The van der Waals surface area contributed by atoms with E-state index in [1.54, 1.807) is 6.07 Å². The van der Waals surface area contributed by atoms with Gasteiger partial charge in [-0.3, -0.25) is 0 Å². The third kappa shape index (κ3) is 2.22. The average Bonchev–Trinajstić information content (AvgIpc) is 2.89. The number of rotatable bonds is 5. The Hall–Kier alpha value is -1.25. The van der Waals surface area contributed by atoms with Crippen LogP contribution in [0, 0.1) is 5.92 Å². The van der Waals surface area contributed by atoms with E-state index in [9.17, 15) is 4.79 Å². The van der Waals surface area contributed by atoms with Crippen molar-refractivity contribution in [2.75, 3.05) is 0 Å². The van der Waals surface area contributed by atoms with E-state index in [0.29, 0.717) is 11.7 Å². The number of hydrogen-bond acceptors (Lipinski definition) is 1. The number of hydrogen-bond donors (Lipinski definition) is 1. The molecule has 82 valence electrons. The van der Waals surface area contributed by atoms with Gasteiger partial charge in [0.2, 0.25) is 0 Å². The number of nitrogens with zero attached hydrogens (tertiary/aromatic N) is 1. The van der Waals surface area contributed by atoms with Crippen LogP contribution in [0.5, 0.6) is 0 Å². The van der Waals surface area contributed by atoms with Crippen molar-refractivity contribution in [1.29, 1.82) is 0 Å². The molecule has 1 aliphatic carbocycles. The highest BCUT2D eigenvalue weighted by atomic mass is 16.4. The molecule has 15 heavy (non-hydrogen) atoms. The molecule has 0 aliphatic heterocycles. The van der Waals surface area contributed by atoms with Gasteiger partial charge in [-0.05, 0) is 30.9 Å². The molecule has 1 unspecified atom stereocenters. The topological polar surface area (TPSA) is 42.2 Å². The molecule has 3 heteroatoms. The van der Waals surface area contributed by atoms with E-state index >= 15 is 0 Å². The Labute approximate surface area is 89.7 Å². The summed E-state index contributed by atoms with van der Waals surface area (Å²) in [5.41, 5.74) is 0.419. The van der Waals surface area contributed by atoms with Crippen LogP contribution in [-0.4, -0.2) is 15.6 Å². The first-order chi connectivity index (χ1) is 7.22. The van der Waals surface area contributed by atoms with E-state index in [0.717, 1.165) is 18.8 Å². The summed E-state index contributed by atoms with van der Waals surface area (Å²) in [6, 6.07) is 3.86. The minimum atomic E-state index is -0.825. The van der Waals surface area contributed by atoms with Crippen LogP contribution >= 0.6 is 0 Å². The Kier molecular flexibility index (Phi) is 2.80. The van der Waals surface area contributed by atoms with Gasteiger partial charge in [0.05, 0.1) is 0 Å². The molecule has 1 N–H and O–H groups in total. The van der Waals surface area contributed by atoms with Crippen LogP contribution in [0.4, 0.5) is 0 Å². The van der Waals surface area contributed by atoms with Crippen LogP contribution in [0.1, 0.15) is 49.1 Å². The second-order valence-corrected chi connectivity index (χ2v) is 4.35. The maximum absolute atomic E-state index is 11.0. The standard InChI is InChI=1S/C12H17NO2/c1-2-10(8-9-5-6-9)13-7-3-4-11(13)12(14)15/h3-4,7,9-10H,2,5-6,8H2,1H3,(H,14,15). The molecule has 2 rings (SSSR count). The minimum absolute atomic E-state index is 0.360. The molecule has 1 atom stereocenters. The molecule has 0 amide bonds. The SMILES string of the molecule is CCC(CC1CC1)n1cccc1C(=O)O. The lowest BCUT2D eigenvalue weighted by Gasteiger charge is -2.18. The molecule has 0 radical (unpaired) electrons. The summed E-state index contributed by atoms with van der Waals surface area (Å²) in [6.45, 7) is 2.12. The second-order valence-electron chi connectivity index (χ2n) is 4.35. The van der Waals surface area contributed by atoms with Gasteiger partial charge in [0.25, 0.3) is 0 Å². The summed E-state index contributed by atoms with van der Waals surface area (Å²) in [6.07, 6.45) is 6.66. The summed E-state index contributed by atoms with van der Waals surface area (Å²) >= 11 is 0. The molecule has 1 saturated carbocycles. The van der Waals surface area contributed by atoms with Crippen molar-refractivity contribution in [3.8, 4) is 0 Å². The van der Waals surface area contributed by atoms with Gasteiger partial charge in [0.1, 0.15) is 5.69 Å². The maximum Gasteiger partial charge on any atom is 0.352 e. The van der Waals surface area contributed by atoms with E-state index in [1.165, 1.54) is 12.8 Å². The van der Waals surface area contributed by atoms with Gasteiger partial charge in [-0.1, -0.05) is 19.8 Å². The molecule has 0 spiro atoms. The quantitative estimate of drug-likeness (QED) is 0.806. The molecule has 1 aromatic rings. The zero-order valence-corrected chi connectivity index (χ0v) is 9.02. The van der Waals surface area contributed by atoms with Gasteiger partial charge in [-0.2, -0.15) is 0 Å². The molecule has 0 saturated heterocycles. The first kappa shape index (κ1) is 10.3. The average molecular weight is 207 g/mol. The summed E-state index contributed by atoms with van der Waals surface area (Å²) in [7, 11) is 0. The number of carboxylic acid groups (broad SMARTS) is 1. The molecule has 1 aromatic heterocycles. The van der Waals surface area contributed by atoms with Crippen molar-refractivity contribution >= 4 is 5.97 Å². The predicted molar refractivity (Wildman–Crippen MR) is 58.1 cm³/mol. The lowest BCUT2D eigenvalue weighted by Crippen LogP contribution is -2.14. The van der Waals surface area contributed by atoms with Crippen molar-refractivity contribution in [1.82, 2.24) is 4.57 Å². The Morgan fingerprint density at radius 2 is 2.40 bits per heavy atom. The van der Waals surface area contributed by atoms with Gasteiger partial charge in [0, 0.05) is 12.2 Å². The van der Waals surface area contributed by atoms with E-state index in [2.05, 4.69) is 6.92 Å². The maximum atomic E-state index is 11.0. The molecular formula is C12H17NO2. The zero-order valence-electron chi connectivity index (χ0n) is 9.02. The fraction of sp³-hybridized carbons (Fsp3) is 0.583. The minimum Gasteiger partial charge on any atom is -0.477 e. The van der Waals surface area contributed by atoms with Gasteiger partial charge in [-0.25, -0.2) is 4.79 Å². The second kappa shape index (κ2) is 4.09. The van der Waals surface area contributed by atoms with E-state index in [-0.39, 0.29) is 0 Å². The van der Waals surface area contributed by atoms with Crippen LogP contribution < -0.4 is 0 Å². The highest BCUT2D eigenvalue weighted by Gasteiger charge is 2.26. The lowest BCUT2D eigenvalue weighted by atomic mass is 10.1. The van der Waals surface area contributed by atoms with Crippen LogP contribution in [0.3, 0.4) is 0 Å². The third-order valence-electron chi connectivity index (χ3n) is 3.17. The van der Waals surface area contributed by atoms with Crippen LogP contribution in [-0.2, 0) is 0 Å². The third-order valence-corrected chi connectivity index (χ3v) is 3.17. The zero-order chi connectivity index (χ0) is 10.8. The Morgan fingerprint density at radius 1 is 1.67 bits per heavy atom. The highest BCUT2D eigenvalue weighted by molar-refractivity contribution is 5.85. The first-order valence-electron chi connectivity index (χ1n) is 5.62. The molecule has 1 fully saturated rings. The summed E-state index contributed by atoms with van der Waals surface area (Å²) in [4.78, 5) is 11.0. The van der Waals surface area contributed by atoms with E-state index in [4.69, 9.17) is 5.11 Å². The first-order valence-corrected chi connectivity index (χ1v) is 5.62. The van der Waals surface area contributed by atoms with Crippen molar-refractivity contribution in [3.05, 3.63) is 24.0 Å². The van der Waals surface area contributed by atoms with Crippen molar-refractivity contribution < 1.29 is 9.90 Å². The smallest absolute Gasteiger partial charge is 0.352 e. The van der Waals surface area contributed by atoms with Gasteiger partial charge >= 0.3 is 5.97 Å². The van der Waals surface area contributed by atoms with Gasteiger partial charge in [0.15, 0.2) is 0 Å². The molecule has 0 aromatic carbocycles. The number of carbonyl (C=O) groups is 1. The van der Waals surface area contributed by atoms with E-state index < -0.39 is 5.97 Å². The van der Waals surface area contributed by atoms with Crippen LogP contribution in [0.15, 0.2) is 18.3 Å². The lowest BCUT2D eigenvalue weighted by molar-refractivity contribution is 0.0681. The Bertz CT molecular complexity index is 352. The fourth-order valence-electron chi connectivity index (χ4n) is 2.11. The summed E-state index contributed by atoms with van der Waals surface area (Å²) < 4.78 is 1.92. The highest BCUT2D eigenvalue weighted by Crippen LogP contribution is 2.38. The largest absolute Gasteiger partial charge is 0.477 e. The fourth-order valence-corrected chi connectivity index (χ4v) is 2.11. The van der Waals surface area contributed by atoms with Gasteiger partial charge < -0.3 is 9.67 Å².